The van der Waals surface area contributed by atoms with Crippen molar-refractivity contribution in [2.45, 2.75) is 25.0 Å². The second-order valence-electron chi connectivity index (χ2n) is 5.07. The molecule has 0 amide bonds. The van der Waals surface area contributed by atoms with Crippen LogP contribution in [0.5, 0.6) is 0 Å². The monoisotopic (exact) mass is 298 g/mol. The van der Waals surface area contributed by atoms with E-state index in [1.54, 1.807) is 18.0 Å². The highest BCUT2D eigenvalue weighted by molar-refractivity contribution is 8.02. The molecule has 1 aromatic carbocycles. The lowest BCUT2D eigenvalue weighted by Gasteiger charge is -2.38. The second kappa shape index (κ2) is 5.06. The van der Waals surface area contributed by atoms with Crippen LogP contribution >= 0.6 is 23.5 Å². The van der Waals surface area contributed by atoms with Gasteiger partial charge >= 0.3 is 0 Å². The molecule has 0 fully saturated rings. The van der Waals surface area contributed by atoms with E-state index in [1.807, 2.05) is 10.4 Å². The first-order valence-electron chi connectivity index (χ1n) is 5.88. The number of rotatable bonds is 3. The predicted molar refractivity (Wildman–Crippen MR) is 81.0 cm³/mol. The molecule has 1 aromatic rings. The van der Waals surface area contributed by atoms with Gasteiger partial charge in [-0.05, 0) is 43.8 Å². The Bertz CT molecular complexity index is 546. The summed E-state index contributed by atoms with van der Waals surface area (Å²) in [4.78, 5) is 10.8. The first-order chi connectivity index (χ1) is 8.84. The van der Waals surface area contributed by atoms with Gasteiger partial charge in [0.2, 0.25) is 0 Å². The molecule has 0 spiro atoms. The van der Waals surface area contributed by atoms with E-state index in [1.165, 1.54) is 6.07 Å². The lowest BCUT2D eigenvalue weighted by molar-refractivity contribution is -0.384. The average molecular weight is 299 g/mol. The Morgan fingerprint density at radius 3 is 2.89 bits per heavy atom. The molecule has 19 heavy (non-hydrogen) atoms. The topological polar surface area (TPSA) is 46.4 Å². The van der Waals surface area contributed by atoms with Gasteiger partial charge in [-0.15, -0.1) is 6.58 Å². The van der Waals surface area contributed by atoms with E-state index in [4.69, 9.17) is 11.6 Å². The van der Waals surface area contributed by atoms with Crippen LogP contribution in [-0.2, 0) is 6.42 Å². The van der Waals surface area contributed by atoms with Crippen LogP contribution in [0.1, 0.15) is 19.4 Å². The van der Waals surface area contributed by atoms with Crippen molar-refractivity contribution in [3.05, 3.63) is 45.5 Å². The number of nitrogens with zero attached hydrogens (tertiary/aromatic N) is 2. The molecule has 0 bridgehead atoms. The van der Waals surface area contributed by atoms with Gasteiger partial charge in [0.25, 0.3) is 5.69 Å². The maximum Gasteiger partial charge on any atom is 0.295 e. The minimum Gasteiger partial charge on any atom is -0.306 e. The van der Waals surface area contributed by atoms with Crippen molar-refractivity contribution >= 4 is 34.9 Å². The number of nitro benzene ring substituents is 1. The van der Waals surface area contributed by atoms with Crippen molar-refractivity contribution in [3.63, 3.8) is 0 Å². The third-order valence-electron chi connectivity index (χ3n) is 2.85. The van der Waals surface area contributed by atoms with Gasteiger partial charge in [0.05, 0.1) is 4.92 Å². The van der Waals surface area contributed by atoms with Crippen molar-refractivity contribution in [3.8, 4) is 0 Å². The summed E-state index contributed by atoms with van der Waals surface area (Å²) in [5, 5.41) is 11.6. The maximum absolute atomic E-state index is 11.2. The quantitative estimate of drug-likeness (QED) is 0.363. The summed E-state index contributed by atoms with van der Waals surface area (Å²) in [6, 6.07) is 3.23. The van der Waals surface area contributed by atoms with Gasteiger partial charge in [-0.1, -0.05) is 17.7 Å². The van der Waals surface area contributed by atoms with Gasteiger partial charge in [0.15, 0.2) is 0 Å². The van der Waals surface area contributed by atoms with E-state index in [2.05, 4.69) is 20.4 Å². The largest absolute Gasteiger partial charge is 0.306 e. The Labute approximate surface area is 121 Å². The number of nitro groups is 1. The fraction of sp³-hybridized carbons (Fsp3) is 0.385. The summed E-state index contributed by atoms with van der Waals surface area (Å²) in [5.41, 5.74) is 1.63. The summed E-state index contributed by atoms with van der Waals surface area (Å²) >= 11 is 7.60. The maximum atomic E-state index is 11.2. The van der Waals surface area contributed by atoms with Gasteiger partial charge in [0, 0.05) is 22.4 Å². The predicted octanol–water partition coefficient (Wildman–Crippen LogP) is 4.22. The van der Waals surface area contributed by atoms with Gasteiger partial charge < -0.3 is 4.31 Å². The highest BCUT2D eigenvalue weighted by atomic mass is 35.5. The highest BCUT2D eigenvalue weighted by Crippen LogP contribution is 2.48. The fourth-order valence-electron chi connectivity index (χ4n) is 2.28. The van der Waals surface area contributed by atoms with Crippen LogP contribution in [0.3, 0.4) is 0 Å². The van der Waals surface area contributed by atoms with Crippen LogP contribution in [-0.4, -0.2) is 16.2 Å². The van der Waals surface area contributed by atoms with Gasteiger partial charge in [0.1, 0.15) is 5.69 Å². The molecule has 1 aliphatic rings. The molecule has 1 aliphatic heterocycles. The minimum absolute atomic E-state index is 0.0193. The zero-order chi connectivity index (χ0) is 14.2. The van der Waals surface area contributed by atoms with E-state index in [-0.39, 0.29) is 15.4 Å². The van der Waals surface area contributed by atoms with Crippen LogP contribution in [0.25, 0.3) is 0 Å². The van der Waals surface area contributed by atoms with Crippen LogP contribution < -0.4 is 4.31 Å². The van der Waals surface area contributed by atoms with Crippen molar-refractivity contribution < 1.29 is 4.92 Å². The van der Waals surface area contributed by atoms with E-state index < -0.39 is 0 Å². The van der Waals surface area contributed by atoms with E-state index in [9.17, 15) is 10.1 Å². The number of hydrogen-bond donors (Lipinski definition) is 0. The minimum atomic E-state index is -0.375. The van der Waals surface area contributed by atoms with Crippen molar-refractivity contribution in [1.29, 1.82) is 0 Å². The summed E-state index contributed by atoms with van der Waals surface area (Å²) < 4.78 is 1.91. The van der Waals surface area contributed by atoms with Gasteiger partial charge in [-0.25, -0.2) is 0 Å². The number of halogens is 1. The highest BCUT2D eigenvalue weighted by Gasteiger charge is 2.35. The molecule has 0 aromatic heterocycles. The van der Waals surface area contributed by atoms with E-state index in [0.717, 1.165) is 12.0 Å². The molecule has 102 valence electrons. The van der Waals surface area contributed by atoms with Crippen LogP contribution in [0.15, 0.2) is 24.8 Å². The third kappa shape index (κ3) is 2.87. The standard InChI is InChI=1S/C13H15ClN2O2S/c1-4-5-15-12-9(8-13(2,3)19-15)6-10(14)7-11(12)16(17)18/h4,6-7H,1,5,8H2,2-3H3. The molecular formula is C13H15ClN2O2S. The molecule has 0 radical (unpaired) electrons. The Hall–Kier alpha value is -1.20. The molecule has 4 nitrogen and oxygen atoms in total. The van der Waals surface area contributed by atoms with E-state index in [0.29, 0.717) is 17.3 Å². The Morgan fingerprint density at radius 2 is 2.32 bits per heavy atom. The van der Waals surface area contributed by atoms with Crippen LogP contribution in [0.4, 0.5) is 11.4 Å². The summed E-state index contributed by atoms with van der Waals surface area (Å²) in [6.45, 7) is 8.50. The summed E-state index contributed by atoms with van der Waals surface area (Å²) in [6.07, 6.45) is 2.50. The zero-order valence-corrected chi connectivity index (χ0v) is 12.4. The SMILES string of the molecule is C=CCN1SC(C)(C)Cc2cc(Cl)cc([N+](=O)[O-])c21. The average Bonchev–Trinajstić information content (AvgIpc) is 2.25. The molecule has 1 heterocycles. The van der Waals surface area contributed by atoms with Crippen molar-refractivity contribution in [2.75, 3.05) is 10.8 Å². The molecular weight excluding hydrogens is 284 g/mol. The first-order valence-corrected chi connectivity index (χ1v) is 7.03. The zero-order valence-electron chi connectivity index (χ0n) is 10.9. The normalized spacial score (nSPS) is 16.9. The Balaban J connectivity index is 2.62. The Morgan fingerprint density at radius 1 is 1.63 bits per heavy atom. The van der Waals surface area contributed by atoms with E-state index >= 15 is 0 Å². The lowest BCUT2D eigenvalue weighted by atomic mass is 9.99. The van der Waals surface area contributed by atoms with Crippen molar-refractivity contribution in [1.82, 2.24) is 0 Å². The van der Waals surface area contributed by atoms with Gasteiger partial charge in [-0.3, -0.25) is 10.1 Å². The fourth-order valence-corrected chi connectivity index (χ4v) is 3.82. The molecule has 0 saturated heterocycles. The molecule has 0 saturated carbocycles. The van der Waals surface area contributed by atoms with Crippen LogP contribution in [0.2, 0.25) is 5.02 Å². The molecule has 6 heteroatoms. The van der Waals surface area contributed by atoms with Gasteiger partial charge in [-0.2, -0.15) is 0 Å². The summed E-state index contributed by atoms with van der Waals surface area (Å²) in [5.74, 6) is 0. The molecule has 0 aliphatic carbocycles. The first kappa shape index (κ1) is 14.2. The molecule has 2 rings (SSSR count). The van der Waals surface area contributed by atoms with Crippen LogP contribution in [0, 0.1) is 10.1 Å². The summed E-state index contributed by atoms with van der Waals surface area (Å²) in [7, 11) is 0. The van der Waals surface area contributed by atoms with Crippen molar-refractivity contribution in [2.24, 2.45) is 0 Å². The lowest BCUT2D eigenvalue weighted by Crippen LogP contribution is -2.33. The smallest absolute Gasteiger partial charge is 0.295 e. The second-order valence-corrected chi connectivity index (χ2v) is 7.23. The number of hydrogen-bond acceptors (Lipinski definition) is 4. The Kier molecular flexibility index (Phi) is 3.78. The number of fused-ring (bicyclic) bond motifs is 1. The molecule has 0 unspecified atom stereocenters. The molecule has 0 N–H and O–H groups in total. The third-order valence-corrected chi connectivity index (χ3v) is 4.26. The number of benzene rings is 1. The molecule has 0 atom stereocenters. The number of anilines is 1.